The number of carbonyl (C=O) groups is 1. The molecule has 0 aliphatic carbocycles. The van der Waals surface area contributed by atoms with E-state index in [0.29, 0.717) is 12.4 Å². The summed E-state index contributed by atoms with van der Waals surface area (Å²) in [6.45, 7) is 2.52. The summed E-state index contributed by atoms with van der Waals surface area (Å²) in [5.41, 5.74) is 5.36. The van der Waals surface area contributed by atoms with E-state index in [4.69, 9.17) is 5.73 Å². The van der Waals surface area contributed by atoms with Gasteiger partial charge in [0.1, 0.15) is 5.84 Å². The molecule has 50 valence electrons. The van der Waals surface area contributed by atoms with Gasteiger partial charge in [0, 0.05) is 12.5 Å². The molecule has 9 heavy (non-hydrogen) atoms. The Bertz CT molecular complexity index is 164. The Kier molecular flexibility index (Phi) is 1.38. The molecule has 0 saturated carbocycles. The van der Waals surface area contributed by atoms with E-state index in [1.54, 1.807) is 0 Å². The zero-order valence-corrected chi connectivity index (χ0v) is 5.22. The number of urea groups is 1. The van der Waals surface area contributed by atoms with Gasteiger partial charge < -0.3 is 11.1 Å². The maximum absolute atomic E-state index is 10.4. The van der Waals surface area contributed by atoms with Crippen molar-refractivity contribution in [3.05, 3.63) is 0 Å². The molecule has 1 unspecified atom stereocenters. The van der Waals surface area contributed by atoms with Crippen molar-refractivity contribution in [1.29, 1.82) is 0 Å². The van der Waals surface area contributed by atoms with E-state index in [1.807, 2.05) is 6.92 Å². The minimum absolute atomic E-state index is 0.183. The molecule has 3 N–H and O–H groups in total. The smallest absolute Gasteiger partial charge is 0.342 e. The van der Waals surface area contributed by atoms with Gasteiger partial charge in [-0.05, 0) is 0 Å². The molecule has 4 nitrogen and oxygen atoms in total. The van der Waals surface area contributed by atoms with Crippen LogP contribution in [0.25, 0.3) is 0 Å². The first-order valence-corrected chi connectivity index (χ1v) is 2.82. The van der Waals surface area contributed by atoms with Crippen LogP contribution in [0.1, 0.15) is 6.92 Å². The van der Waals surface area contributed by atoms with Crippen LogP contribution in [0.5, 0.6) is 0 Å². The highest BCUT2D eigenvalue weighted by Crippen LogP contribution is 1.97. The lowest BCUT2D eigenvalue weighted by Crippen LogP contribution is -2.39. The van der Waals surface area contributed by atoms with E-state index in [2.05, 4.69) is 10.3 Å². The third-order valence-electron chi connectivity index (χ3n) is 1.30. The second-order valence-corrected chi connectivity index (χ2v) is 2.12. The molecule has 0 saturated heterocycles. The number of amides is 2. The quantitative estimate of drug-likeness (QED) is 0.469. The monoisotopic (exact) mass is 127 g/mol. The summed E-state index contributed by atoms with van der Waals surface area (Å²) in [5.74, 6) is 0.612. The molecule has 0 radical (unpaired) electrons. The number of nitrogens with one attached hydrogen (secondary N) is 1. The average molecular weight is 127 g/mol. The molecular weight excluding hydrogens is 118 g/mol. The van der Waals surface area contributed by atoms with Gasteiger partial charge in [-0.25, -0.2) is 4.79 Å². The van der Waals surface area contributed by atoms with Crippen LogP contribution in [0, 0.1) is 5.92 Å². The first kappa shape index (κ1) is 6.07. The van der Waals surface area contributed by atoms with Crippen LogP contribution in [0.2, 0.25) is 0 Å². The van der Waals surface area contributed by atoms with Crippen LogP contribution < -0.4 is 11.1 Å². The number of hydrogen-bond donors (Lipinski definition) is 2. The van der Waals surface area contributed by atoms with Crippen LogP contribution >= 0.6 is 0 Å². The Morgan fingerprint density at radius 3 is 3.00 bits per heavy atom. The van der Waals surface area contributed by atoms with Gasteiger partial charge in [0.25, 0.3) is 0 Å². The molecule has 1 rings (SSSR count). The topological polar surface area (TPSA) is 67.5 Å². The van der Waals surface area contributed by atoms with E-state index >= 15 is 0 Å². The van der Waals surface area contributed by atoms with Crippen molar-refractivity contribution in [1.82, 2.24) is 5.32 Å². The maximum Gasteiger partial charge on any atom is 0.342 e. The van der Waals surface area contributed by atoms with Crippen molar-refractivity contribution >= 4 is 11.9 Å². The van der Waals surface area contributed by atoms with Crippen molar-refractivity contribution in [3.63, 3.8) is 0 Å². The van der Waals surface area contributed by atoms with Gasteiger partial charge in [0.2, 0.25) is 0 Å². The number of aliphatic imine (C=N–C) groups is 1. The van der Waals surface area contributed by atoms with Crippen LogP contribution in [-0.4, -0.2) is 18.4 Å². The lowest BCUT2D eigenvalue weighted by molar-refractivity contribution is 0.247. The number of hydrogen-bond acceptors (Lipinski definition) is 2. The number of carbonyl (C=O) groups excluding carboxylic acids is 1. The third-order valence-corrected chi connectivity index (χ3v) is 1.30. The standard InChI is InChI=1S/C5H9N3O/c1-3-2-7-5(9)8-4(3)6/h3H,2H2,1H3,(H3,6,7,8,9). The highest BCUT2D eigenvalue weighted by Gasteiger charge is 2.14. The summed E-state index contributed by atoms with van der Waals surface area (Å²) >= 11 is 0. The summed E-state index contributed by atoms with van der Waals surface area (Å²) in [6.07, 6.45) is 0. The zero-order valence-electron chi connectivity index (χ0n) is 5.22. The molecule has 2 amide bonds. The van der Waals surface area contributed by atoms with Crippen molar-refractivity contribution in [3.8, 4) is 0 Å². The Morgan fingerprint density at radius 2 is 2.56 bits per heavy atom. The summed E-state index contributed by atoms with van der Waals surface area (Å²) < 4.78 is 0. The molecule has 1 aliphatic heterocycles. The predicted octanol–water partition coefficient (Wildman–Crippen LogP) is -0.297. The lowest BCUT2D eigenvalue weighted by Gasteiger charge is -2.15. The Labute approximate surface area is 53.1 Å². The maximum atomic E-state index is 10.4. The van der Waals surface area contributed by atoms with Gasteiger partial charge >= 0.3 is 6.03 Å². The van der Waals surface area contributed by atoms with Gasteiger partial charge in [-0.15, -0.1) is 0 Å². The molecule has 0 spiro atoms. The lowest BCUT2D eigenvalue weighted by atomic mass is 10.1. The fourth-order valence-corrected chi connectivity index (χ4v) is 0.612. The van der Waals surface area contributed by atoms with Crippen molar-refractivity contribution in [2.45, 2.75) is 6.92 Å². The van der Waals surface area contributed by atoms with E-state index < -0.39 is 0 Å². The van der Waals surface area contributed by atoms with Crippen molar-refractivity contribution < 1.29 is 4.79 Å². The minimum atomic E-state index is -0.328. The molecule has 4 heteroatoms. The Balaban J connectivity index is 2.72. The largest absolute Gasteiger partial charge is 0.387 e. The number of amidine groups is 1. The number of nitrogens with two attached hydrogens (primary N) is 1. The molecule has 0 aromatic rings. The predicted molar refractivity (Wildman–Crippen MR) is 34.2 cm³/mol. The summed E-state index contributed by atoms with van der Waals surface area (Å²) in [4.78, 5) is 13.9. The van der Waals surface area contributed by atoms with Crippen molar-refractivity contribution in [2.75, 3.05) is 6.54 Å². The molecule has 1 heterocycles. The first-order valence-electron chi connectivity index (χ1n) is 2.82. The molecule has 0 bridgehead atoms. The summed E-state index contributed by atoms with van der Waals surface area (Å²) in [6, 6.07) is -0.328. The number of rotatable bonds is 0. The van der Waals surface area contributed by atoms with Gasteiger partial charge in [-0.2, -0.15) is 4.99 Å². The van der Waals surface area contributed by atoms with Crippen LogP contribution in [0.4, 0.5) is 4.79 Å². The highest BCUT2D eigenvalue weighted by molar-refractivity contribution is 5.96. The Hall–Kier alpha value is -1.06. The minimum Gasteiger partial charge on any atom is -0.387 e. The van der Waals surface area contributed by atoms with E-state index in [-0.39, 0.29) is 11.9 Å². The normalized spacial score (nSPS) is 27.0. The SMILES string of the molecule is CC1CNC(=O)N=C1N. The zero-order chi connectivity index (χ0) is 6.85. The van der Waals surface area contributed by atoms with Crippen LogP contribution in [0.3, 0.4) is 0 Å². The molecular formula is C5H9N3O. The molecule has 1 aliphatic rings. The van der Waals surface area contributed by atoms with Gasteiger partial charge in [0.05, 0.1) is 0 Å². The third kappa shape index (κ3) is 1.19. The first-order chi connectivity index (χ1) is 4.20. The van der Waals surface area contributed by atoms with Gasteiger partial charge in [0.15, 0.2) is 0 Å². The van der Waals surface area contributed by atoms with Crippen molar-refractivity contribution in [2.24, 2.45) is 16.6 Å². The van der Waals surface area contributed by atoms with E-state index in [1.165, 1.54) is 0 Å². The highest BCUT2D eigenvalue weighted by atomic mass is 16.2. The van der Waals surface area contributed by atoms with Crippen LogP contribution in [-0.2, 0) is 0 Å². The second-order valence-electron chi connectivity index (χ2n) is 2.12. The van der Waals surface area contributed by atoms with E-state index in [0.717, 1.165) is 0 Å². The Morgan fingerprint density at radius 1 is 1.89 bits per heavy atom. The van der Waals surface area contributed by atoms with Gasteiger partial charge in [-0.1, -0.05) is 6.92 Å². The second kappa shape index (κ2) is 2.05. The van der Waals surface area contributed by atoms with E-state index in [9.17, 15) is 4.79 Å². The molecule has 0 fully saturated rings. The van der Waals surface area contributed by atoms with Crippen LogP contribution in [0.15, 0.2) is 4.99 Å². The number of nitrogens with zero attached hydrogens (tertiary/aromatic N) is 1. The molecule has 0 aromatic carbocycles. The average Bonchev–Trinajstić information content (AvgIpc) is 1.80. The fraction of sp³-hybridized carbons (Fsp3) is 0.600. The summed E-state index contributed by atoms with van der Waals surface area (Å²) in [7, 11) is 0. The molecule has 1 atom stereocenters. The summed E-state index contributed by atoms with van der Waals surface area (Å²) in [5, 5.41) is 2.56. The van der Waals surface area contributed by atoms with Gasteiger partial charge in [-0.3, -0.25) is 0 Å². The molecule has 0 aromatic heterocycles. The fourth-order valence-electron chi connectivity index (χ4n) is 0.612.